The Labute approximate surface area is 232 Å². The Morgan fingerprint density at radius 3 is 2.46 bits per heavy atom. The SMILES string of the molecule is N=C(N)c1cccc(NC(C(=O)Nc2ccccc2Br)c2ccccc2OC2OC(CO)C(O)C(O)C2O)c1. The lowest BCUT2D eigenvalue weighted by molar-refractivity contribution is -0.277. The van der Waals surface area contributed by atoms with Crippen molar-refractivity contribution in [2.45, 2.75) is 36.7 Å². The van der Waals surface area contributed by atoms with E-state index in [9.17, 15) is 25.2 Å². The van der Waals surface area contributed by atoms with Gasteiger partial charge in [-0.05, 0) is 46.3 Å². The van der Waals surface area contributed by atoms with E-state index in [2.05, 4.69) is 26.6 Å². The number of nitrogens with two attached hydrogens (primary N) is 1. The van der Waals surface area contributed by atoms with E-state index in [-0.39, 0.29) is 11.6 Å². The van der Waals surface area contributed by atoms with Gasteiger partial charge in [0, 0.05) is 21.3 Å². The van der Waals surface area contributed by atoms with Crippen molar-refractivity contribution in [3.8, 4) is 5.75 Å². The molecule has 1 amide bonds. The average molecular weight is 601 g/mol. The third-order valence-corrected chi connectivity index (χ3v) is 6.89. The number of nitrogens with one attached hydrogen (secondary N) is 3. The third kappa shape index (κ3) is 6.56. The minimum atomic E-state index is -1.64. The molecule has 0 saturated carbocycles. The number of benzene rings is 3. The second-order valence-electron chi connectivity index (χ2n) is 8.89. The summed E-state index contributed by atoms with van der Waals surface area (Å²) in [7, 11) is 0. The van der Waals surface area contributed by atoms with Crippen molar-refractivity contribution in [1.82, 2.24) is 0 Å². The number of amidine groups is 1. The number of hydrogen-bond donors (Lipinski definition) is 8. The largest absolute Gasteiger partial charge is 0.462 e. The van der Waals surface area contributed by atoms with E-state index in [1.807, 2.05) is 6.07 Å². The number of carbonyl (C=O) groups is 1. The fraction of sp³-hybridized carbons (Fsp3) is 0.259. The van der Waals surface area contributed by atoms with Gasteiger partial charge in [-0.15, -0.1) is 0 Å². The first-order chi connectivity index (χ1) is 18.7. The van der Waals surface area contributed by atoms with Crippen molar-refractivity contribution in [1.29, 1.82) is 5.41 Å². The lowest BCUT2D eigenvalue weighted by Gasteiger charge is -2.39. The van der Waals surface area contributed by atoms with Crippen molar-refractivity contribution >= 4 is 39.0 Å². The summed E-state index contributed by atoms with van der Waals surface area (Å²) in [6, 6.07) is 19.3. The summed E-state index contributed by atoms with van der Waals surface area (Å²) in [5.74, 6) is -0.455. The highest BCUT2D eigenvalue weighted by Gasteiger charge is 2.45. The van der Waals surface area contributed by atoms with Gasteiger partial charge in [-0.3, -0.25) is 10.2 Å². The van der Waals surface area contributed by atoms with E-state index >= 15 is 0 Å². The Morgan fingerprint density at radius 1 is 1.03 bits per heavy atom. The number of hydrogen-bond acceptors (Lipinski definition) is 9. The molecule has 4 rings (SSSR count). The molecule has 0 aromatic heterocycles. The van der Waals surface area contributed by atoms with Crippen LogP contribution in [0.4, 0.5) is 11.4 Å². The zero-order valence-electron chi connectivity index (χ0n) is 20.6. The number of para-hydroxylation sites is 2. The van der Waals surface area contributed by atoms with Gasteiger partial charge in [0.05, 0.1) is 12.3 Å². The number of nitrogen functional groups attached to an aromatic ring is 1. The van der Waals surface area contributed by atoms with Gasteiger partial charge in [-0.2, -0.15) is 0 Å². The van der Waals surface area contributed by atoms with Gasteiger partial charge in [-0.25, -0.2) is 0 Å². The molecule has 0 radical (unpaired) electrons. The quantitative estimate of drug-likeness (QED) is 0.133. The molecule has 3 aromatic carbocycles. The van der Waals surface area contributed by atoms with Gasteiger partial charge in [0.15, 0.2) is 0 Å². The molecule has 6 unspecified atom stereocenters. The Morgan fingerprint density at radius 2 is 1.74 bits per heavy atom. The lowest BCUT2D eigenvalue weighted by Crippen LogP contribution is -2.60. The van der Waals surface area contributed by atoms with Crippen LogP contribution < -0.4 is 21.1 Å². The van der Waals surface area contributed by atoms with E-state index < -0.39 is 49.3 Å². The summed E-state index contributed by atoms with van der Waals surface area (Å²) in [6.45, 7) is -0.614. The molecular formula is C27H29BrN4O7. The van der Waals surface area contributed by atoms with Gasteiger partial charge in [0.1, 0.15) is 42.0 Å². The molecule has 206 valence electrons. The number of anilines is 2. The highest BCUT2D eigenvalue weighted by atomic mass is 79.9. The van der Waals surface area contributed by atoms with E-state index in [0.717, 1.165) is 0 Å². The molecule has 0 spiro atoms. The molecule has 3 aromatic rings. The van der Waals surface area contributed by atoms with Crippen LogP contribution >= 0.6 is 15.9 Å². The molecule has 11 nitrogen and oxygen atoms in total. The van der Waals surface area contributed by atoms with E-state index in [4.69, 9.17) is 20.6 Å². The van der Waals surface area contributed by atoms with Crippen molar-refractivity contribution < 1.29 is 34.7 Å². The molecule has 9 N–H and O–H groups in total. The predicted molar refractivity (Wildman–Crippen MR) is 147 cm³/mol. The Kier molecular flexibility index (Phi) is 9.17. The second kappa shape index (κ2) is 12.6. The summed E-state index contributed by atoms with van der Waals surface area (Å²) in [6.07, 6.45) is -7.42. The average Bonchev–Trinajstić information content (AvgIpc) is 2.93. The van der Waals surface area contributed by atoms with Crippen LogP contribution in [-0.4, -0.2) is 69.5 Å². The number of halogens is 1. The smallest absolute Gasteiger partial charge is 0.251 e. The number of ether oxygens (including phenoxy) is 2. The Bertz CT molecular complexity index is 1320. The highest BCUT2D eigenvalue weighted by molar-refractivity contribution is 9.10. The van der Waals surface area contributed by atoms with Crippen molar-refractivity contribution in [3.63, 3.8) is 0 Å². The zero-order valence-corrected chi connectivity index (χ0v) is 22.2. The second-order valence-corrected chi connectivity index (χ2v) is 9.75. The molecule has 0 bridgehead atoms. The van der Waals surface area contributed by atoms with E-state index in [0.29, 0.717) is 27.0 Å². The molecule has 6 atom stereocenters. The molecule has 1 aliphatic heterocycles. The maximum absolute atomic E-state index is 13.7. The van der Waals surface area contributed by atoms with Crippen molar-refractivity contribution in [2.75, 3.05) is 17.2 Å². The summed E-state index contributed by atoms with van der Waals surface area (Å²) in [4.78, 5) is 13.7. The standard InChI is InChI=1S/C27H29BrN4O7/c28-17-9-2-3-10-18(17)32-26(37)21(31-15-7-5-6-14(12-15)25(29)30)16-8-1-4-11-19(16)38-27-24(36)23(35)22(34)20(13-33)39-27/h1-12,20-24,27,31,33-36H,13H2,(H3,29,30)(H,32,37). The van der Waals surface area contributed by atoms with Gasteiger partial charge < -0.3 is 46.3 Å². The molecule has 12 heteroatoms. The Balaban J connectivity index is 1.70. The van der Waals surface area contributed by atoms with Crippen LogP contribution in [0.1, 0.15) is 17.2 Å². The monoisotopic (exact) mass is 600 g/mol. The summed E-state index contributed by atoms with van der Waals surface area (Å²) < 4.78 is 12.1. The fourth-order valence-electron chi connectivity index (χ4n) is 4.11. The van der Waals surface area contributed by atoms with Crippen LogP contribution in [0.15, 0.2) is 77.3 Å². The topological polar surface area (TPSA) is 190 Å². The maximum Gasteiger partial charge on any atom is 0.251 e. The molecule has 39 heavy (non-hydrogen) atoms. The first kappa shape index (κ1) is 28.5. The first-order valence-electron chi connectivity index (χ1n) is 12.0. The van der Waals surface area contributed by atoms with Gasteiger partial charge in [0.25, 0.3) is 5.91 Å². The molecular weight excluding hydrogens is 572 g/mol. The first-order valence-corrected chi connectivity index (χ1v) is 12.8. The fourth-order valence-corrected chi connectivity index (χ4v) is 4.50. The normalized spacial score (nSPS) is 23.5. The molecule has 1 saturated heterocycles. The molecule has 1 heterocycles. The third-order valence-electron chi connectivity index (χ3n) is 6.20. The molecule has 0 aliphatic carbocycles. The summed E-state index contributed by atoms with van der Waals surface area (Å²) in [5.41, 5.74) is 7.48. The van der Waals surface area contributed by atoms with E-state index in [1.54, 1.807) is 66.7 Å². The minimum Gasteiger partial charge on any atom is -0.462 e. The van der Waals surface area contributed by atoms with Crippen molar-refractivity contribution in [2.24, 2.45) is 5.73 Å². The van der Waals surface area contributed by atoms with Crippen LogP contribution in [0.5, 0.6) is 5.75 Å². The van der Waals surface area contributed by atoms with Crippen LogP contribution in [-0.2, 0) is 9.53 Å². The Hall–Kier alpha value is -3.52. The summed E-state index contributed by atoms with van der Waals surface area (Å²) >= 11 is 3.43. The van der Waals surface area contributed by atoms with Crippen LogP contribution in [0.2, 0.25) is 0 Å². The van der Waals surface area contributed by atoms with Gasteiger partial charge in [0.2, 0.25) is 6.29 Å². The van der Waals surface area contributed by atoms with Crippen LogP contribution in [0, 0.1) is 5.41 Å². The van der Waals surface area contributed by atoms with Gasteiger partial charge in [-0.1, -0.05) is 42.5 Å². The van der Waals surface area contributed by atoms with E-state index in [1.165, 1.54) is 0 Å². The van der Waals surface area contributed by atoms with Crippen LogP contribution in [0.3, 0.4) is 0 Å². The summed E-state index contributed by atoms with van der Waals surface area (Å²) in [5, 5.41) is 54.1. The van der Waals surface area contributed by atoms with Crippen molar-refractivity contribution in [3.05, 3.63) is 88.4 Å². The predicted octanol–water partition coefficient (Wildman–Crippen LogP) is 1.70. The lowest BCUT2D eigenvalue weighted by atomic mass is 9.99. The molecule has 1 fully saturated rings. The zero-order chi connectivity index (χ0) is 28.1. The van der Waals surface area contributed by atoms with Gasteiger partial charge >= 0.3 is 0 Å². The number of aliphatic hydroxyl groups excluding tert-OH is 4. The highest BCUT2D eigenvalue weighted by Crippen LogP contribution is 2.33. The number of aliphatic hydroxyl groups is 4. The van der Waals surface area contributed by atoms with Crippen LogP contribution in [0.25, 0.3) is 0 Å². The maximum atomic E-state index is 13.7. The number of rotatable bonds is 9. The minimum absolute atomic E-state index is 0.140. The number of carbonyl (C=O) groups excluding carboxylic acids is 1. The number of amides is 1. The molecule has 1 aliphatic rings.